The molecule has 0 fully saturated rings. The summed E-state index contributed by atoms with van der Waals surface area (Å²) in [6.07, 6.45) is 1.77. The number of benzene rings is 1. The average Bonchev–Trinajstić information content (AvgIpc) is 2.64. The maximum absolute atomic E-state index is 12.9. The van der Waals surface area contributed by atoms with E-state index in [2.05, 4.69) is 4.98 Å². The summed E-state index contributed by atoms with van der Waals surface area (Å²) >= 11 is 6.00. The number of carbonyl (C=O) groups excluding carboxylic acids is 1. The molecule has 2 heterocycles. The molecule has 0 spiro atoms. The summed E-state index contributed by atoms with van der Waals surface area (Å²) in [6.45, 7) is 0. The Labute approximate surface area is 153 Å². The van der Waals surface area contributed by atoms with Crippen molar-refractivity contribution >= 4 is 28.4 Å². The minimum absolute atomic E-state index is 0.0264. The van der Waals surface area contributed by atoms with Gasteiger partial charge in [-0.25, -0.2) is 9.78 Å². The molecule has 0 saturated heterocycles. The number of hydrogen-bond acceptors (Lipinski definition) is 4. The van der Waals surface area contributed by atoms with E-state index in [-0.39, 0.29) is 11.2 Å². The predicted octanol–water partition coefficient (Wildman–Crippen LogP) is 2.47. The van der Waals surface area contributed by atoms with Gasteiger partial charge in [0.1, 0.15) is 5.65 Å². The van der Waals surface area contributed by atoms with Crippen LogP contribution in [-0.4, -0.2) is 19.9 Å². The fraction of sp³-hybridized carbons (Fsp3) is 0.263. The molecule has 2 aromatic heterocycles. The van der Waals surface area contributed by atoms with Crippen molar-refractivity contribution in [3.05, 3.63) is 61.4 Å². The largest absolute Gasteiger partial charge is 0.332 e. The molecule has 1 aromatic carbocycles. The Morgan fingerprint density at radius 1 is 0.962 bits per heavy atom. The summed E-state index contributed by atoms with van der Waals surface area (Å²) in [5.41, 5.74) is 1.78. The Hall–Kier alpha value is -2.73. The number of ketones is 1. The number of Topliss-reactive ketones (excluding diaryl/α,β-unsaturated/α-hetero) is 1. The molecule has 0 radical (unpaired) electrons. The van der Waals surface area contributed by atoms with E-state index < -0.39 is 11.2 Å². The summed E-state index contributed by atoms with van der Waals surface area (Å²) < 4.78 is 2.40. The lowest BCUT2D eigenvalue weighted by atomic mass is 9.86. The van der Waals surface area contributed by atoms with Gasteiger partial charge >= 0.3 is 5.69 Å². The van der Waals surface area contributed by atoms with Crippen LogP contribution in [0.4, 0.5) is 0 Å². The maximum Gasteiger partial charge on any atom is 0.332 e. The molecular formula is C19H16ClN3O3. The van der Waals surface area contributed by atoms with Crippen LogP contribution in [-0.2, 0) is 20.5 Å². The van der Waals surface area contributed by atoms with Gasteiger partial charge in [-0.05, 0) is 30.5 Å². The highest BCUT2D eigenvalue weighted by Gasteiger charge is 2.28. The first-order valence-electron chi connectivity index (χ1n) is 8.32. The lowest BCUT2D eigenvalue weighted by Gasteiger charge is -2.21. The van der Waals surface area contributed by atoms with Gasteiger partial charge in [0.05, 0.1) is 11.1 Å². The van der Waals surface area contributed by atoms with Gasteiger partial charge in [0, 0.05) is 36.7 Å². The van der Waals surface area contributed by atoms with Gasteiger partial charge in [-0.3, -0.25) is 18.7 Å². The molecule has 0 atom stereocenters. The summed E-state index contributed by atoms with van der Waals surface area (Å²) in [5, 5.41) is 0.846. The Bertz CT molecular complexity index is 1190. The molecular weight excluding hydrogens is 354 g/mol. The van der Waals surface area contributed by atoms with Gasteiger partial charge in [-0.2, -0.15) is 0 Å². The number of aromatic nitrogens is 3. The summed E-state index contributed by atoms with van der Waals surface area (Å²) in [6, 6.07) is 7.00. The topological polar surface area (TPSA) is 74.0 Å². The van der Waals surface area contributed by atoms with E-state index in [4.69, 9.17) is 11.6 Å². The van der Waals surface area contributed by atoms with Gasteiger partial charge in [-0.1, -0.05) is 23.7 Å². The molecule has 0 aliphatic heterocycles. The van der Waals surface area contributed by atoms with E-state index in [9.17, 15) is 14.4 Å². The second-order valence-electron chi connectivity index (χ2n) is 6.50. The van der Waals surface area contributed by atoms with Crippen LogP contribution in [0.2, 0.25) is 5.02 Å². The molecule has 0 unspecified atom stereocenters. The Morgan fingerprint density at radius 2 is 1.65 bits per heavy atom. The molecule has 26 heavy (non-hydrogen) atoms. The minimum atomic E-state index is -0.457. The summed E-state index contributed by atoms with van der Waals surface area (Å²) in [4.78, 5) is 42.5. The standard InChI is InChI=1S/C19H16ClN3O3/c1-22-17-16(18(25)23(2)19(22)26)14(10-6-8-11(20)9-7-10)15-12(21-17)4-3-5-13(15)24/h6-9H,3-5H2,1-2H3. The summed E-state index contributed by atoms with van der Waals surface area (Å²) in [5.74, 6) is -0.0264. The molecule has 132 valence electrons. The number of nitrogens with zero attached hydrogens (tertiary/aromatic N) is 3. The molecule has 1 aliphatic rings. The van der Waals surface area contributed by atoms with Crippen molar-refractivity contribution < 1.29 is 4.79 Å². The molecule has 6 nitrogen and oxygen atoms in total. The van der Waals surface area contributed by atoms with Crippen molar-refractivity contribution in [1.82, 2.24) is 14.1 Å². The Morgan fingerprint density at radius 3 is 2.35 bits per heavy atom. The smallest absolute Gasteiger partial charge is 0.294 e. The highest BCUT2D eigenvalue weighted by molar-refractivity contribution is 6.30. The zero-order valence-electron chi connectivity index (χ0n) is 14.4. The highest BCUT2D eigenvalue weighted by atomic mass is 35.5. The van der Waals surface area contributed by atoms with Crippen LogP contribution >= 0.6 is 11.6 Å². The number of fused-ring (bicyclic) bond motifs is 2. The third-order valence-corrected chi connectivity index (χ3v) is 5.14. The molecule has 0 saturated carbocycles. The lowest BCUT2D eigenvalue weighted by molar-refractivity contribution is 0.0972. The minimum Gasteiger partial charge on any atom is -0.294 e. The van der Waals surface area contributed by atoms with Crippen molar-refractivity contribution in [2.24, 2.45) is 14.1 Å². The van der Waals surface area contributed by atoms with Gasteiger partial charge in [-0.15, -0.1) is 0 Å². The van der Waals surface area contributed by atoms with Crippen molar-refractivity contribution in [1.29, 1.82) is 0 Å². The number of halogens is 1. The normalized spacial score (nSPS) is 13.9. The predicted molar refractivity (Wildman–Crippen MR) is 99.9 cm³/mol. The zero-order valence-corrected chi connectivity index (χ0v) is 15.1. The van der Waals surface area contributed by atoms with Crippen molar-refractivity contribution in [2.75, 3.05) is 0 Å². The number of pyridine rings is 1. The van der Waals surface area contributed by atoms with Crippen molar-refractivity contribution in [3.63, 3.8) is 0 Å². The molecule has 7 heteroatoms. The molecule has 3 aromatic rings. The van der Waals surface area contributed by atoms with E-state index in [1.807, 2.05) is 0 Å². The monoisotopic (exact) mass is 369 g/mol. The van der Waals surface area contributed by atoms with Crippen LogP contribution in [0.25, 0.3) is 22.2 Å². The third kappa shape index (κ3) is 2.33. The molecule has 4 rings (SSSR count). The SMILES string of the molecule is Cn1c(=O)c2c(-c3ccc(Cl)cc3)c3c(nc2n(C)c1=O)CCCC3=O. The zero-order chi connectivity index (χ0) is 18.6. The van der Waals surface area contributed by atoms with E-state index >= 15 is 0 Å². The number of aryl methyl sites for hydroxylation is 2. The fourth-order valence-electron chi connectivity index (χ4n) is 3.56. The van der Waals surface area contributed by atoms with Crippen molar-refractivity contribution in [3.8, 4) is 11.1 Å². The van der Waals surface area contributed by atoms with Gasteiger partial charge in [0.25, 0.3) is 5.56 Å². The third-order valence-electron chi connectivity index (χ3n) is 4.89. The van der Waals surface area contributed by atoms with E-state index in [0.29, 0.717) is 52.3 Å². The second kappa shape index (κ2) is 5.92. The molecule has 0 N–H and O–H groups in total. The van der Waals surface area contributed by atoms with Crippen LogP contribution < -0.4 is 11.2 Å². The average molecular weight is 370 g/mol. The summed E-state index contributed by atoms with van der Waals surface area (Å²) in [7, 11) is 3.01. The van der Waals surface area contributed by atoms with Gasteiger partial charge < -0.3 is 0 Å². The highest BCUT2D eigenvalue weighted by Crippen LogP contribution is 2.35. The lowest BCUT2D eigenvalue weighted by Crippen LogP contribution is -2.38. The van der Waals surface area contributed by atoms with Crippen LogP contribution in [0.5, 0.6) is 0 Å². The first-order valence-corrected chi connectivity index (χ1v) is 8.69. The van der Waals surface area contributed by atoms with Gasteiger partial charge in [0.15, 0.2) is 5.78 Å². The van der Waals surface area contributed by atoms with E-state index in [0.717, 1.165) is 4.57 Å². The van der Waals surface area contributed by atoms with Crippen LogP contribution in [0.3, 0.4) is 0 Å². The van der Waals surface area contributed by atoms with Crippen molar-refractivity contribution in [2.45, 2.75) is 19.3 Å². The molecule has 0 amide bonds. The number of carbonyl (C=O) groups is 1. The maximum atomic E-state index is 12.9. The second-order valence-corrected chi connectivity index (χ2v) is 6.93. The van der Waals surface area contributed by atoms with E-state index in [1.165, 1.54) is 11.6 Å². The number of hydrogen-bond donors (Lipinski definition) is 0. The van der Waals surface area contributed by atoms with Crippen LogP contribution in [0, 0.1) is 0 Å². The number of rotatable bonds is 1. The first-order chi connectivity index (χ1) is 12.4. The fourth-order valence-corrected chi connectivity index (χ4v) is 3.69. The van der Waals surface area contributed by atoms with Crippen LogP contribution in [0.1, 0.15) is 28.9 Å². The quantitative estimate of drug-likeness (QED) is 0.660. The molecule has 0 bridgehead atoms. The van der Waals surface area contributed by atoms with Gasteiger partial charge in [0.2, 0.25) is 0 Å². The van der Waals surface area contributed by atoms with Crippen LogP contribution in [0.15, 0.2) is 33.9 Å². The molecule has 1 aliphatic carbocycles. The Balaban J connectivity index is 2.28. The Kier molecular flexibility index (Phi) is 3.80. The first kappa shape index (κ1) is 16.7. The van der Waals surface area contributed by atoms with E-state index in [1.54, 1.807) is 31.3 Å².